The summed E-state index contributed by atoms with van der Waals surface area (Å²) in [4.78, 5) is 0. The van der Waals surface area contributed by atoms with E-state index in [1.807, 2.05) is 13.8 Å². The van der Waals surface area contributed by atoms with Gasteiger partial charge >= 0.3 is 0 Å². The Morgan fingerprint density at radius 1 is 0.400 bits per heavy atom. The first-order valence-corrected chi connectivity index (χ1v) is 11.9. The van der Waals surface area contributed by atoms with Crippen molar-refractivity contribution < 1.29 is 0 Å². The van der Waals surface area contributed by atoms with Crippen LogP contribution in [0.25, 0.3) is 0 Å². The molecule has 0 amide bonds. The van der Waals surface area contributed by atoms with Crippen LogP contribution in [-0.2, 0) is 19.3 Å². The molecule has 0 aliphatic heterocycles. The fourth-order valence-electron chi connectivity index (χ4n) is 2.89. The van der Waals surface area contributed by atoms with Crippen molar-refractivity contribution in [2.75, 3.05) is 0 Å². The average Bonchev–Trinajstić information content (AvgIpc) is 2.82. The van der Waals surface area contributed by atoms with Crippen LogP contribution in [0, 0.1) is 0 Å². The Labute approximate surface area is 187 Å². The summed E-state index contributed by atoms with van der Waals surface area (Å²) in [5.74, 6) is 0. The van der Waals surface area contributed by atoms with E-state index in [1.54, 1.807) is 0 Å². The molecular weight excluding hydrogens is 360 g/mol. The molecule has 3 rings (SSSR count). The molecule has 3 aromatic carbocycles. The summed E-state index contributed by atoms with van der Waals surface area (Å²) in [7, 11) is 0. The Hall–Kier alpha value is -2.34. The topological polar surface area (TPSA) is 0 Å². The number of benzene rings is 3. The maximum Gasteiger partial charge on any atom is -0.0279 e. The minimum absolute atomic E-state index is 1.21. The van der Waals surface area contributed by atoms with Crippen LogP contribution in [0.15, 0.2) is 91.0 Å². The minimum atomic E-state index is 1.21. The van der Waals surface area contributed by atoms with Crippen molar-refractivity contribution in [3.63, 3.8) is 0 Å². The van der Waals surface area contributed by atoms with Crippen molar-refractivity contribution in [3.05, 3.63) is 108 Å². The SMILES string of the molecule is CC.CCCCc1ccccc1.CCCc1ccccc1.CCCc1ccccc1. The van der Waals surface area contributed by atoms with Crippen LogP contribution in [0.5, 0.6) is 0 Å². The maximum absolute atomic E-state index is 2.23. The summed E-state index contributed by atoms with van der Waals surface area (Å²) >= 11 is 0. The second-order valence-electron chi connectivity index (χ2n) is 7.06. The highest BCUT2D eigenvalue weighted by Crippen LogP contribution is 2.03. The van der Waals surface area contributed by atoms with E-state index < -0.39 is 0 Å². The fraction of sp³-hybridized carbons (Fsp3) is 0.400. The highest BCUT2D eigenvalue weighted by molar-refractivity contribution is 5.15. The molecule has 0 spiro atoms. The van der Waals surface area contributed by atoms with E-state index in [1.165, 1.54) is 61.6 Å². The predicted molar refractivity (Wildman–Crippen MR) is 137 cm³/mol. The lowest BCUT2D eigenvalue weighted by Gasteiger charge is -1.96. The van der Waals surface area contributed by atoms with Gasteiger partial charge in [0.05, 0.1) is 0 Å². The van der Waals surface area contributed by atoms with Crippen LogP contribution in [-0.4, -0.2) is 0 Å². The van der Waals surface area contributed by atoms with E-state index in [0.717, 1.165) is 0 Å². The average molecular weight is 405 g/mol. The molecule has 0 bridgehead atoms. The molecule has 0 saturated carbocycles. The highest BCUT2D eigenvalue weighted by atomic mass is 13.9. The standard InChI is InChI=1S/C10H14.2C9H12.C2H6/c1-2-3-7-10-8-5-4-6-9-10;2*1-2-6-9-7-4-3-5-8-9;1-2/h4-6,8-9H,2-3,7H2,1H3;2*3-5,7-8H,2,6H2,1H3;1-2H3. The second kappa shape index (κ2) is 21.4. The zero-order chi connectivity index (χ0) is 22.3. The first-order valence-electron chi connectivity index (χ1n) is 11.9. The Balaban J connectivity index is 0.000000404. The summed E-state index contributed by atoms with van der Waals surface area (Å²) in [5.41, 5.74) is 4.35. The molecule has 0 atom stereocenters. The van der Waals surface area contributed by atoms with Crippen molar-refractivity contribution in [1.29, 1.82) is 0 Å². The molecule has 0 aromatic heterocycles. The van der Waals surface area contributed by atoms with Crippen LogP contribution >= 0.6 is 0 Å². The number of unbranched alkanes of at least 4 members (excludes halogenated alkanes) is 1. The van der Waals surface area contributed by atoms with Crippen LogP contribution in [0.3, 0.4) is 0 Å². The van der Waals surface area contributed by atoms with Crippen molar-refractivity contribution in [3.8, 4) is 0 Å². The number of rotatable bonds is 7. The van der Waals surface area contributed by atoms with Gasteiger partial charge in [-0.3, -0.25) is 0 Å². The van der Waals surface area contributed by atoms with Gasteiger partial charge in [-0.1, -0.05) is 145 Å². The monoisotopic (exact) mass is 404 g/mol. The summed E-state index contributed by atoms with van der Waals surface area (Å²) in [6.45, 7) is 10.6. The molecule has 0 heterocycles. The van der Waals surface area contributed by atoms with Crippen molar-refractivity contribution in [1.82, 2.24) is 0 Å². The third-order valence-corrected chi connectivity index (χ3v) is 4.42. The molecule has 0 N–H and O–H groups in total. The lowest BCUT2D eigenvalue weighted by molar-refractivity contribution is 0.795. The normalized spacial score (nSPS) is 9.10. The number of aryl methyl sites for hydroxylation is 3. The van der Waals surface area contributed by atoms with Crippen molar-refractivity contribution in [2.24, 2.45) is 0 Å². The van der Waals surface area contributed by atoms with Gasteiger partial charge in [0.25, 0.3) is 0 Å². The number of hydrogen-bond acceptors (Lipinski definition) is 0. The van der Waals surface area contributed by atoms with Crippen LogP contribution in [0.4, 0.5) is 0 Å². The molecule has 0 saturated heterocycles. The highest BCUT2D eigenvalue weighted by Gasteiger charge is 1.87. The van der Waals surface area contributed by atoms with E-state index in [2.05, 4.69) is 112 Å². The molecular formula is C30H44. The third kappa shape index (κ3) is 15.6. The van der Waals surface area contributed by atoms with Crippen molar-refractivity contribution >= 4 is 0 Å². The van der Waals surface area contributed by atoms with Gasteiger partial charge in [-0.05, 0) is 42.4 Å². The molecule has 0 fully saturated rings. The third-order valence-electron chi connectivity index (χ3n) is 4.42. The molecule has 0 aliphatic rings. The second-order valence-corrected chi connectivity index (χ2v) is 7.06. The molecule has 0 heteroatoms. The van der Waals surface area contributed by atoms with Gasteiger partial charge in [0.1, 0.15) is 0 Å². The Kier molecular flexibility index (Phi) is 19.7. The summed E-state index contributed by atoms with van der Waals surface area (Å²) in [5, 5.41) is 0. The smallest absolute Gasteiger partial charge is 0.0279 e. The predicted octanol–water partition coefficient (Wildman–Crippen LogP) is 9.33. The van der Waals surface area contributed by atoms with Crippen LogP contribution in [0.1, 0.15) is 77.0 Å². The summed E-state index contributed by atoms with van der Waals surface area (Å²) < 4.78 is 0. The minimum Gasteiger partial charge on any atom is -0.0683 e. The van der Waals surface area contributed by atoms with E-state index in [0.29, 0.717) is 0 Å². The van der Waals surface area contributed by atoms with Gasteiger partial charge in [-0.15, -0.1) is 0 Å². The summed E-state index contributed by atoms with van der Waals surface area (Å²) in [6, 6.07) is 31.8. The van der Waals surface area contributed by atoms with Gasteiger partial charge in [0.15, 0.2) is 0 Å². The Morgan fingerprint density at radius 2 is 0.700 bits per heavy atom. The lowest BCUT2D eigenvalue weighted by atomic mass is 10.1. The first kappa shape index (κ1) is 27.7. The number of hydrogen-bond donors (Lipinski definition) is 0. The van der Waals surface area contributed by atoms with Gasteiger partial charge in [-0.2, -0.15) is 0 Å². The first-order chi connectivity index (χ1) is 14.8. The Bertz CT molecular complexity index is 630. The quantitative estimate of drug-likeness (QED) is 0.368. The largest absolute Gasteiger partial charge is 0.0683 e. The zero-order valence-corrected chi connectivity index (χ0v) is 20.1. The Morgan fingerprint density at radius 3 is 0.967 bits per heavy atom. The van der Waals surface area contributed by atoms with E-state index in [-0.39, 0.29) is 0 Å². The van der Waals surface area contributed by atoms with E-state index >= 15 is 0 Å². The fourth-order valence-corrected chi connectivity index (χ4v) is 2.89. The van der Waals surface area contributed by atoms with E-state index in [9.17, 15) is 0 Å². The molecule has 164 valence electrons. The van der Waals surface area contributed by atoms with Gasteiger partial charge < -0.3 is 0 Å². The molecule has 0 unspecified atom stereocenters. The molecule has 3 aromatic rings. The van der Waals surface area contributed by atoms with Gasteiger partial charge in [0, 0.05) is 0 Å². The molecule has 0 nitrogen and oxygen atoms in total. The van der Waals surface area contributed by atoms with Crippen LogP contribution < -0.4 is 0 Å². The molecule has 0 radical (unpaired) electrons. The summed E-state index contributed by atoms with van der Waals surface area (Å²) in [6.07, 6.45) is 8.73. The van der Waals surface area contributed by atoms with Gasteiger partial charge in [-0.25, -0.2) is 0 Å². The zero-order valence-electron chi connectivity index (χ0n) is 20.1. The van der Waals surface area contributed by atoms with Gasteiger partial charge in [0.2, 0.25) is 0 Å². The van der Waals surface area contributed by atoms with Crippen molar-refractivity contribution in [2.45, 2.75) is 79.6 Å². The molecule has 0 aliphatic carbocycles. The lowest BCUT2D eigenvalue weighted by Crippen LogP contribution is -1.81. The molecule has 30 heavy (non-hydrogen) atoms. The van der Waals surface area contributed by atoms with E-state index in [4.69, 9.17) is 0 Å². The maximum atomic E-state index is 2.23. The van der Waals surface area contributed by atoms with Crippen LogP contribution in [0.2, 0.25) is 0 Å².